The maximum Gasteiger partial charge on any atom is 0.243 e. The molecule has 0 spiro atoms. The van der Waals surface area contributed by atoms with E-state index < -0.39 is 5.38 Å². The van der Waals surface area contributed by atoms with Crippen LogP contribution in [0, 0.1) is 5.82 Å². The number of halogens is 2. The molecule has 0 radical (unpaired) electrons. The summed E-state index contributed by atoms with van der Waals surface area (Å²) < 4.78 is 13.5. The van der Waals surface area contributed by atoms with E-state index in [4.69, 9.17) is 11.6 Å². The Balaban J connectivity index is 1.89. The van der Waals surface area contributed by atoms with Gasteiger partial charge < -0.3 is 0 Å². The molecule has 2 aromatic rings. The van der Waals surface area contributed by atoms with Gasteiger partial charge in [0.2, 0.25) is 11.0 Å². The highest BCUT2D eigenvalue weighted by molar-refractivity contribution is 8.00. The fraction of sp³-hybridized carbons (Fsp3) is 0.250. The molecule has 1 aromatic heterocycles. The summed E-state index contributed by atoms with van der Waals surface area (Å²) >= 11 is 8.40. The monoisotopic (exact) mass is 331 g/mol. The third-order valence-electron chi connectivity index (χ3n) is 2.27. The molecule has 1 N–H and O–H groups in total. The van der Waals surface area contributed by atoms with Gasteiger partial charge in [0.15, 0.2) is 4.34 Å². The Bertz CT molecular complexity index is 589. The molecule has 0 fully saturated rings. The van der Waals surface area contributed by atoms with Crippen molar-refractivity contribution in [3.63, 3.8) is 0 Å². The lowest BCUT2D eigenvalue weighted by molar-refractivity contribution is -0.115. The molecule has 0 saturated carbocycles. The first-order chi connectivity index (χ1) is 9.54. The number of hydrogen-bond donors (Lipinski definition) is 1. The molecule has 0 unspecified atom stereocenters. The van der Waals surface area contributed by atoms with Gasteiger partial charge in [0.05, 0.1) is 0 Å². The second-order valence-electron chi connectivity index (χ2n) is 3.89. The van der Waals surface area contributed by atoms with E-state index in [-0.39, 0.29) is 11.7 Å². The second-order valence-corrected chi connectivity index (χ2v) is 6.75. The largest absolute Gasteiger partial charge is 0.299 e. The molecule has 20 heavy (non-hydrogen) atoms. The number of alkyl halides is 1. The average Bonchev–Trinajstić information content (AvgIpc) is 2.85. The minimum absolute atomic E-state index is 0.255. The maximum atomic E-state index is 12.8. The van der Waals surface area contributed by atoms with Gasteiger partial charge in [-0.2, -0.15) is 0 Å². The molecular formula is C12H11ClFN3OS2. The molecule has 1 heterocycles. The Labute approximate surface area is 128 Å². The van der Waals surface area contributed by atoms with Crippen molar-refractivity contribution in [2.75, 3.05) is 5.32 Å². The van der Waals surface area contributed by atoms with E-state index in [1.165, 1.54) is 35.2 Å². The Morgan fingerprint density at radius 1 is 1.45 bits per heavy atom. The van der Waals surface area contributed by atoms with E-state index in [0.29, 0.717) is 10.9 Å². The summed E-state index contributed by atoms with van der Waals surface area (Å²) in [4.78, 5) is 11.4. The number of benzene rings is 1. The van der Waals surface area contributed by atoms with Gasteiger partial charge >= 0.3 is 0 Å². The molecule has 1 atom stereocenters. The van der Waals surface area contributed by atoms with Crippen LogP contribution in [-0.2, 0) is 10.5 Å². The summed E-state index contributed by atoms with van der Waals surface area (Å²) in [5, 5.41) is 10.2. The summed E-state index contributed by atoms with van der Waals surface area (Å²) in [6.45, 7) is 1.59. The van der Waals surface area contributed by atoms with Crippen LogP contribution in [0.2, 0.25) is 0 Å². The third-order valence-corrected chi connectivity index (χ3v) is 4.51. The van der Waals surface area contributed by atoms with Crippen LogP contribution in [0.3, 0.4) is 0 Å². The van der Waals surface area contributed by atoms with Crippen molar-refractivity contribution in [1.29, 1.82) is 0 Å². The Morgan fingerprint density at radius 3 is 2.80 bits per heavy atom. The molecule has 0 aliphatic rings. The van der Waals surface area contributed by atoms with Crippen molar-refractivity contribution >= 4 is 45.7 Å². The SMILES string of the molecule is C[C@@H](Cl)C(=O)Nc1nnc(SCc2ccc(F)cc2)s1. The zero-order chi connectivity index (χ0) is 14.5. The lowest BCUT2D eigenvalue weighted by atomic mass is 10.2. The molecule has 2 rings (SSSR count). The highest BCUT2D eigenvalue weighted by Crippen LogP contribution is 2.28. The number of thioether (sulfide) groups is 1. The molecular weight excluding hydrogens is 321 g/mol. The first-order valence-electron chi connectivity index (χ1n) is 5.70. The summed E-state index contributed by atoms with van der Waals surface area (Å²) in [6.07, 6.45) is 0. The van der Waals surface area contributed by atoms with Crippen LogP contribution in [0.5, 0.6) is 0 Å². The molecule has 4 nitrogen and oxygen atoms in total. The van der Waals surface area contributed by atoms with Crippen molar-refractivity contribution in [1.82, 2.24) is 10.2 Å². The minimum Gasteiger partial charge on any atom is -0.299 e. The molecule has 1 amide bonds. The van der Waals surface area contributed by atoms with Crippen LogP contribution in [0.15, 0.2) is 28.6 Å². The van der Waals surface area contributed by atoms with Gasteiger partial charge in [-0.3, -0.25) is 10.1 Å². The van der Waals surface area contributed by atoms with E-state index in [9.17, 15) is 9.18 Å². The number of carbonyl (C=O) groups is 1. The van der Waals surface area contributed by atoms with E-state index in [1.807, 2.05) is 0 Å². The van der Waals surface area contributed by atoms with Gasteiger partial charge in [-0.05, 0) is 24.6 Å². The molecule has 0 bridgehead atoms. The standard InChI is InChI=1S/C12H11ClFN3OS2/c1-7(13)10(18)15-11-16-17-12(20-11)19-6-8-2-4-9(14)5-3-8/h2-5,7H,6H2,1H3,(H,15,16,18)/t7-/m1/s1. The zero-order valence-electron chi connectivity index (χ0n) is 10.5. The number of hydrogen-bond acceptors (Lipinski definition) is 5. The Kier molecular flexibility index (Phi) is 5.33. The fourth-order valence-corrected chi connectivity index (χ4v) is 3.01. The molecule has 1 aromatic carbocycles. The van der Waals surface area contributed by atoms with Crippen molar-refractivity contribution in [3.8, 4) is 0 Å². The summed E-state index contributed by atoms with van der Waals surface area (Å²) in [5.41, 5.74) is 0.992. The molecule has 0 saturated heterocycles. The van der Waals surface area contributed by atoms with Crippen LogP contribution in [-0.4, -0.2) is 21.5 Å². The van der Waals surface area contributed by atoms with Crippen molar-refractivity contribution in [3.05, 3.63) is 35.6 Å². The predicted octanol–water partition coefficient (Wildman–Crippen LogP) is 3.54. The number of nitrogens with zero attached hydrogens (tertiary/aromatic N) is 2. The maximum absolute atomic E-state index is 12.8. The van der Waals surface area contributed by atoms with Gasteiger partial charge in [-0.1, -0.05) is 35.2 Å². The van der Waals surface area contributed by atoms with E-state index in [2.05, 4.69) is 15.5 Å². The number of nitrogens with one attached hydrogen (secondary N) is 1. The van der Waals surface area contributed by atoms with Gasteiger partial charge in [0.1, 0.15) is 11.2 Å². The minimum atomic E-state index is -0.616. The normalized spacial score (nSPS) is 12.2. The molecule has 0 aliphatic carbocycles. The van der Waals surface area contributed by atoms with Crippen LogP contribution in [0.25, 0.3) is 0 Å². The quantitative estimate of drug-likeness (QED) is 0.517. The fourth-order valence-electron chi connectivity index (χ4n) is 1.25. The summed E-state index contributed by atoms with van der Waals surface area (Å²) in [6, 6.07) is 6.29. The molecule has 106 valence electrons. The van der Waals surface area contributed by atoms with Crippen molar-refractivity contribution in [2.45, 2.75) is 22.4 Å². The van der Waals surface area contributed by atoms with Crippen LogP contribution >= 0.6 is 34.7 Å². The summed E-state index contributed by atoms with van der Waals surface area (Å²) in [7, 11) is 0. The summed E-state index contributed by atoms with van der Waals surface area (Å²) in [5.74, 6) is 0.0992. The third kappa shape index (κ3) is 4.43. The van der Waals surface area contributed by atoms with Gasteiger partial charge in [-0.25, -0.2) is 4.39 Å². The van der Waals surface area contributed by atoms with Crippen LogP contribution < -0.4 is 5.32 Å². The number of anilines is 1. The average molecular weight is 332 g/mol. The van der Waals surface area contributed by atoms with Gasteiger partial charge in [-0.15, -0.1) is 21.8 Å². The van der Waals surface area contributed by atoms with E-state index >= 15 is 0 Å². The highest BCUT2D eigenvalue weighted by atomic mass is 35.5. The smallest absolute Gasteiger partial charge is 0.243 e. The lowest BCUT2D eigenvalue weighted by Gasteiger charge is -2.00. The van der Waals surface area contributed by atoms with E-state index in [0.717, 1.165) is 9.90 Å². The van der Waals surface area contributed by atoms with E-state index in [1.54, 1.807) is 19.1 Å². The topological polar surface area (TPSA) is 54.9 Å². The predicted molar refractivity (Wildman–Crippen MR) is 79.8 cm³/mol. The van der Waals surface area contributed by atoms with Gasteiger partial charge in [0, 0.05) is 5.75 Å². The van der Waals surface area contributed by atoms with Crippen LogP contribution in [0.4, 0.5) is 9.52 Å². The molecule has 0 aliphatic heterocycles. The second kappa shape index (κ2) is 7.01. The number of aromatic nitrogens is 2. The Hall–Kier alpha value is -1.18. The Morgan fingerprint density at radius 2 is 2.15 bits per heavy atom. The number of amides is 1. The van der Waals surface area contributed by atoms with Crippen molar-refractivity contribution in [2.24, 2.45) is 0 Å². The number of rotatable bonds is 5. The van der Waals surface area contributed by atoms with Gasteiger partial charge in [0.25, 0.3) is 0 Å². The lowest BCUT2D eigenvalue weighted by Crippen LogP contribution is -2.20. The highest BCUT2D eigenvalue weighted by Gasteiger charge is 2.12. The first kappa shape index (κ1) is 15.2. The van der Waals surface area contributed by atoms with Crippen molar-refractivity contribution < 1.29 is 9.18 Å². The first-order valence-corrected chi connectivity index (χ1v) is 7.94. The zero-order valence-corrected chi connectivity index (χ0v) is 12.9. The molecule has 8 heteroatoms. The number of carbonyl (C=O) groups excluding carboxylic acids is 1. The van der Waals surface area contributed by atoms with Crippen LogP contribution in [0.1, 0.15) is 12.5 Å².